The Balaban J connectivity index is 1.44. The lowest BCUT2D eigenvalue weighted by molar-refractivity contribution is -0.122. The van der Waals surface area contributed by atoms with Crippen molar-refractivity contribution < 1.29 is 14.4 Å². The molecule has 0 bridgehead atoms. The summed E-state index contributed by atoms with van der Waals surface area (Å²) in [6.45, 7) is 4.34. The van der Waals surface area contributed by atoms with E-state index in [9.17, 15) is 14.4 Å². The molecule has 8 nitrogen and oxygen atoms in total. The molecule has 1 saturated heterocycles. The first kappa shape index (κ1) is 22.6. The van der Waals surface area contributed by atoms with Gasteiger partial charge in [-0.1, -0.05) is 49.4 Å². The maximum Gasteiger partial charge on any atom is 0.259 e. The van der Waals surface area contributed by atoms with E-state index in [-0.39, 0.29) is 24.1 Å². The number of amides is 3. The fraction of sp³-hybridized carbons (Fsp3) is 0.292. The summed E-state index contributed by atoms with van der Waals surface area (Å²) in [7, 11) is 0. The Morgan fingerprint density at radius 1 is 1.03 bits per heavy atom. The van der Waals surface area contributed by atoms with Crippen molar-refractivity contribution in [2.75, 3.05) is 22.1 Å². The molecule has 0 radical (unpaired) electrons. The number of nitrogens with zero attached hydrogens (tertiary/aromatic N) is 3. The van der Waals surface area contributed by atoms with Crippen LogP contribution in [-0.2, 0) is 22.4 Å². The molecule has 9 heteroatoms. The normalized spacial score (nSPS) is 15.5. The van der Waals surface area contributed by atoms with Gasteiger partial charge in [0.05, 0.1) is 17.2 Å². The molecule has 3 amide bonds. The van der Waals surface area contributed by atoms with E-state index in [1.54, 1.807) is 29.2 Å². The number of nitrogens with one attached hydrogen (secondary N) is 2. The Morgan fingerprint density at radius 2 is 1.79 bits per heavy atom. The lowest BCUT2D eigenvalue weighted by atomic mass is 10.1. The number of benzene rings is 2. The Hall–Kier alpha value is -3.59. The van der Waals surface area contributed by atoms with Gasteiger partial charge >= 0.3 is 0 Å². The fourth-order valence-corrected chi connectivity index (χ4v) is 4.36. The van der Waals surface area contributed by atoms with Crippen LogP contribution in [0, 0.1) is 5.92 Å². The van der Waals surface area contributed by atoms with Crippen molar-refractivity contribution in [2.45, 2.75) is 33.1 Å². The van der Waals surface area contributed by atoms with Gasteiger partial charge < -0.3 is 10.2 Å². The highest BCUT2D eigenvalue weighted by Crippen LogP contribution is 2.27. The lowest BCUT2D eigenvalue weighted by Gasteiger charge is -2.17. The van der Waals surface area contributed by atoms with Gasteiger partial charge in [0.25, 0.3) is 5.91 Å². The highest BCUT2D eigenvalue weighted by molar-refractivity contribution is 7.15. The molecule has 170 valence electrons. The summed E-state index contributed by atoms with van der Waals surface area (Å²) in [6.07, 6.45) is 1.78. The summed E-state index contributed by atoms with van der Waals surface area (Å²) in [5.41, 5.74) is 2.68. The third-order valence-electron chi connectivity index (χ3n) is 5.57. The zero-order valence-electron chi connectivity index (χ0n) is 18.5. The second kappa shape index (κ2) is 9.91. The van der Waals surface area contributed by atoms with Crippen molar-refractivity contribution >= 4 is 45.6 Å². The molecule has 33 heavy (non-hydrogen) atoms. The van der Waals surface area contributed by atoms with Crippen LogP contribution in [0.2, 0.25) is 0 Å². The summed E-state index contributed by atoms with van der Waals surface area (Å²) >= 11 is 1.31. The predicted molar refractivity (Wildman–Crippen MR) is 129 cm³/mol. The first-order chi connectivity index (χ1) is 16.0. The summed E-state index contributed by atoms with van der Waals surface area (Å²) < 4.78 is 0. The Labute approximate surface area is 196 Å². The molecular formula is C24H25N5O3S. The van der Waals surface area contributed by atoms with Gasteiger partial charge in [-0.05, 0) is 42.7 Å². The van der Waals surface area contributed by atoms with Crippen molar-refractivity contribution in [1.82, 2.24) is 10.2 Å². The third kappa shape index (κ3) is 5.09. The van der Waals surface area contributed by atoms with E-state index in [2.05, 4.69) is 27.8 Å². The molecule has 0 saturated carbocycles. The van der Waals surface area contributed by atoms with Crippen LogP contribution in [-0.4, -0.2) is 34.5 Å². The molecule has 2 N–H and O–H groups in total. The van der Waals surface area contributed by atoms with Crippen molar-refractivity contribution in [3.05, 3.63) is 64.7 Å². The minimum atomic E-state index is -0.505. The molecule has 1 aliphatic heterocycles. The average molecular weight is 464 g/mol. The van der Waals surface area contributed by atoms with Gasteiger partial charge in [0.1, 0.15) is 5.01 Å². The Morgan fingerprint density at radius 3 is 2.48 bits per heavy atom. The lowest BCUT2D eigenvalue weighted by Crippen LogP contribution is -2.28. The van der Waals surface area contributed by atoms with Gasteiger partial charge in [0.15, 0.2) is 0 Å². The Kier molecular flexibility index (Phi) is 6.79. The van der Waals surface area contributed by atoms with Crippen LogP contribution in [0.4, 0.5) is 16.5 Å². The first-order valence-corrected chi connectivity index (χ1v) is 11.7. The van der Waals surface area contributed by atoms with Crippen LogP contribution in [0.15, 0.2) is 48.5 Å². The standard InChI is InChI=1S/C24H25N5O3S/c1-3-15-9-11-17(12-10-15)29-14-16(13-21(29)30)22(31)25-19-8-6-5-7-18(19)23(32)26-24-28-27-20(4-2)33-24/h5-12,16H,3-4,13-14H2,1-2H3,(H,25,31)(H,26,28,32)/t16-/m1/s1. The number of para-hydroxylation sites is 1. The fourth-order valence-electron chi connectivity index (χ4n) is 3.68. The van der Waals surface area contributed by atoms with Crippen LogP contribution in [0.5, 0.6) is 0 Å². The van der Waals surface area contributed by atoms with Crippen molar-refractivity contribution in [3.8, 4) is 0 Å². The second-order valence-corrected chi connectivity index (χ2v) is 8.83. The molecule has 2 heterocycles. The smallest absolute Gasteiger partial charge is 0.259 e. The molecule has 1 aliphatic rings. The largest absolute Gasteiger partial charge is 0.325 e. The monoisotopic (exact) mass is 463 g/mol. The van der Waals surface area contributed by atoms with Crippen molar-refractivity contribution in [1.29, 1.82) is 0 Å². The van der Waals surface area contributed by atoms with Gasteiger partial charge in [0, 0.05) is 18.7 Å². The third-order valence-corrected chi connectivity index (χ3v) is 6.55. The minimum absolute atomic E-state index is 0.0894. The van der Waals surface area contributed by atoms with E-state index < -0.39 is 5.92 Å². The highest BCUT2D eigenvalue weighted by Gasteiger charge is 2.35. The van der Waals surface area contributed by atoms with E-state index in [0.29, 0.717) is 22.9 Å². The molecular weight excluding hydrogens is 438 g/mol. The molecule has 1 aromatic heterocycles. The quantitative estimate of drug-likeness (QED) is 0.553. The summed E-state index contributed by atoms with van der Waals surface area (Å²) in [5.74, 6) is -1.27. The van der Waals surface area contributed by atoms with E-state index in [1.807, 2.05) is 31.2 Å². The molecule has 3 aromatic rings. The molecule has 0 unspecified atom stereocenters. The van der Waals surface area contributed by atoms with Crippen LogP contribution in [0.3, 0.4) is 0 Å². The summed E-state index contributed by atoms with van der Waals surface area (Å²) in [5, 5.41) is 14.8. The van der Waals surface area contributed by atoms with Crippen LogP contribution < -0.4 is 15.5 Å². The van der Waals surface area contributed by atoms with Crippen LogP contribution in [0.25, 0.3) is 0 Å². The number of anilines is 3. The summed E-state index contributed by atoms with van der Waals surface area (Å²) in [4.78, 5) is 40.0. The van der Waals surface area contributed by atoms with E-state index in [1.165, 1.54) is 16.9 Å². The van der Waals surface area contributed by atoms with Crippen molar-refractivity contribution in [3.63, 3.8) is 0 Å². The van der Waals surface area contributed by atoms with Gasteiger partial charge in [-0.2, -0.15) is 0 Å². The second-order valence-electron chi connectivity index (χ2n) is 7.77. The van der Waals surface area contributed by atoms with Gasteiger partial charge in [0.2, 0.25) is 16.9 Å². The molecule has 0 aliphatic carbocycles. The van der Waals surface area contributed by atoms with Gasteiger partial charge in [-0.25, -0.2) is 0 Å². The number of carbonyl (C=O) groups is 3. The zero-order chi connectivity index (χ0) is 23.4. The molecule has 4 rings (SSSR count). The highest BCUT2D eigenvalue weighted by atomic mass is 32.1. The zero-order valence-corrected chi connectivity index (χ0v) is 19.3. The number of hydrogen-bond acceptors (Lipinski definition) is 6. The van der Waals surface area contributed by atoms with Crippen LogP contribution in [0.1, 0.15) is 41.2 Å². The van der Waals surface area contributed by atoms with Gasteiger partial charge in [-0.15, -0.1) is 10.2 Å². The molecule has 0 spiro atoms. The van der Waals surface area contributed by atoms with Gasteiger partial charge in [-0.3, -0.25) is 19.7 Å². The van der Waals surface area contributed by atoms with E-state index >= 15 is 0 Å². The Bertz CT molecular complexity index is 1170. The molecule has 2 aromatic carbocycles. The predicted octanol–water partition coefficient (Wildman–Crippen LogP) is 3.91. The number of hydrogen-bond donors (Lipinski definition) is 2. The van der Waals surface area contributed by atoms with Crippen LogP contribution >= 0.6 is 11.3 Å². The molecule has 1 fully saturated rings. The first-order valence-electron chi connectivity index (χ1n) is 10.9. The number of carbonyl (C=O) groups excluding carboxylic acids is 3. The number of rotatable bonds is 7. The number of aromatic nitrogens is 2. The summed E-state index contributed by atoms with van der Waals surface area (Å²) in [6, 6.07) is 14.6. The minimum Gasteiger partial charge on any atom is -0.325 e. The average Bonchev–Trinajstić information content (AvgIpc) is 3.45. The van der Waals surface area contributed by atoms with Crippen molar-refractivity contribution in [2.24, 2.45) is 5.92 Å². The SMILES string of the molecule is CCc1ccc(N2C[C@H](C(=O)Nc3ccccc3C(=O)Nc3nnc(CC)s3)CC2=O)cc1. The van der Waals surface area contributed by atoms with E-state index in [4.69, 9.17) is 0 Å². The maximum atomic E-state index is 13.0. The van der Waals surface area contributed by atoms with E-state index in [0.717, 1.165) is 23.5 Å². The number of aryl methyl sites for hydroxylation is 2. The molecule has 1 atom stereocenters. The topological polar surface area (TPSA) is 104 Å². The maximum absolute atomic E-state index is 13.0.